The van der Waals surface area contributed by atoms with Crippen LogP contribution in [0.3, 0.4) is 0 Å². The maximum absolute atomic E-state index is 4.90. The normalized spacial score (nSPS) is 24.2. The van der Waals surface area contributed by atoms with Gasteiger partial charge in [0, 0.05) is 16.6 Å². The average Bonchev–Trinajstić information content (AvgIpc) is 2.90. The fourth-order valence-corrected chi connectivity index (χ4v) is 4.57. The average molecular weight is 318 g/mol. The fraction of sp³-hybridized carbons (Fsp3) is 0.400. The van der Waals surface area contributed by atoms with E-state index in [0.717, 1.165) is 29.6 Å². The molecule has 5 rings (SSSR count). The van der Waals surface area contributed by atoms with Crippen LogP contribution in [0.5, 0.6) is 0 Å². The Morgan fingerprint density at radius 2 is 2.04 bits per heavy atom. The summed E-state index contributed by atoms with van der Waals surface area (Å²) >= 11 is 0. The number of benzene rings is 1. The summed E-state index contributed by atoms with van der Waals surface area (Å²) in [5, 5.41) is 13.7. The summed E-state index contributed by atoms with van der Waals surface area (Å²) in [7, 11) is 0. The first-order valence-electron chi connectivity index (χ1n) is 8.75. The topological polar surface area (TPSA) is 46.5 Å². The second kappa shape index (κ2) is 4.59. The van der Waals surface area contributed by atoms with Crippen LogP contribution in [-0.2, 0) is 6.54 Å². The van der Waals surface area contributed by atoms with E-state index in [4.69, 9.17) is 5.10 Å². The molecule has 122 valence electrons. The Kier molecular flexibility index (Phi) is 2.68. The number of nitrogens with zero attached hydrogens (tertiary/aromatic N) is 3. The molecular formula is C20H22N4. The van der Waals surface area contributed by atoms with Gasteiger partial charge in [-0.15, -0.1) is 0 Å². The van der Waals surface area contributed by atoms with E-state index in [1.807, 2.05) is 0 Å². The van der Waals surface area contributed by atoms with Crippen LogP contribution >= 0.6 is 0 Å². The van der Waals surface area contributed by atoms with Crippen molar-refractivity contribution >= 4 is 17.0 Å². The van der Waals surface area contributed by atoms with Crippen molar-refractivity contribution in [2.45, 2.75) is 40.2 Å². The van der Waals surface area contributed by atoms with Gasteiger partial charge in [-0.2, -0.15) is 10.2 Å². The zero-order valence-corrected chi connectivity index (χ0v) is 14.6. The predicted molar refractivity (Wildman–Crippen MR) is 96.1 cm³/mol. The summed E-state index contributed by atoms with van der Waals surface area (Å²) in [5.41, 5.74) is 8.77. The van der Waals surface area contributed by atoms with Crippen molar-refractivity contribution in [1.82, 2.24) is 20.0 Å². The molecule has 2 aliphatic rings. The molecule has 2 aromatic heterocycles. The van der Waals surface area contributed by atoms with Gasteiger partial charge in [-0.3, -0.25) is 9.78 Å². The second-order valence-corrected chi connectivity index (χ2v) is 7.47. The van der Waals surface area contributed by atoms with Gasteiger partial charge in [0.25, 0.3) is 0 Å². The lowest BCUT2D eigenvalue weighted by Gasteiger charge is -2.12. The maximum atomic E-state index is 4.90. The zero-order valence-electron chi connectivity index (χ0n) is 14.6. The van der Waals surface area contributed by atoms with Crippen molar-refractivity contribution in [3.05, 3.63) is 52.0 Å². The molecule has 0 aliphatic heterocycles. The number of fused-ring (bicyclic) bond motifs is 4. The van der Waals surface area contributed by atoms with Crippen LogP contribution < -0.4 is 0 Å². The molecule has 24 heavy (non-hydrogen) atoms. The number of hydrogen-bond acceptors (Lipinski definition) is 2. The van der Waals surface area contributed by atoms with Gasteiger partial charge in [-0.25, -0.2) is 0 Å². The Labute approximate surface area is 141 Å². The van der Waals surface area contributed by atoms with Crippen LogP contribution in [0.4, 0.5) is 0 Å². The number of nitrogens with one attached hydrogen (secondary N) is 1. The lowest BCUT2D eigenvalue weighted by Crippen LogP contribution is -2.07. The summed E-state index contributed by atoms with van der Waals surface area (Å²) in [4.78, 5) is 0. The predicted octanol–water partition coefficient (Wildman–Crippen LogP) is 4.11. The van der Waals surface area contributed by atoms with E-state index in [0.29, 0.717) is 5.92 Å². The fourth-order valence-electron chi connectivity index (χ4n) is 4.57. The molecule has 1 saturated carbocycles. The molecular weight excluding hydrogens is 296 g/mol. The standard InChI is InChI=1S/C20H22N4/c1-10-5-7-16-19(12(3)21-22-16)15(10)9-24-17-8-6-14-11(2)18(14)20(17)13(4)23-24/h5-8,11,14,18H,9H2,1-4H3,(H,21,22). The van der Waals surface area contributed by atoms with E-state index in [2.05, 4.69) is 66.9 Å². The van der Waals surface area contributed by atoms with E-state index < -0.39 is 0 Å². The third-order valence-electron chi connectivity index (χ3n) is 6.02. The number of H-pyrrole nitrogens is 1. The van der Waals surface area contributed by atoms with Crippen LogP contribution in [0.2, 0.25) is 0 Å². The Morgan fingerprint density at radius 1 is 1.21 bits per heavy atom. The first kappa shape index (κ1) is 14.0. The molecule has 3 unspecified atom stereocenters. The minimum Gasteiger partial charge on any atom is -0.282 e. The molecule has 2 aliphatic carbocycles. The molecule has 1 N–H and O–H groups in total. The molecule has 0 radical (unpaired) electrons. The van der Waals surface area contributed by atoms with Gasteiger partial charge in [0.15, 0.2) is 0 Å². The highest BCUT2D eigenvalue weighted by atomic mass is 15.3. The minimum atomic E-state index is 0.686. The number of aromatic nitrogens is 4. The van der Waals surface area contributed by atoms with Crippen molar-refractivity contribution in [2.75, 3.05) is 0 Å². The summed E-state index contributed by atoms with van der Waals surface area (Å²) in [6.45, 7) is 9.59. The Bertz CT molecular complexity index is 1000. The lowest BCUT2D eigenvalue weighted by atomic mass is 10.0. The molecule has 0 saturated heterocycles. The highest BCUT2D eigenvalue weighted by Crippen LogP contribution is 2.58. The van der Waals surface area contributed by atoms with E-state index in [1.165, 1.54) is 33.5 Å². The summed E-state index contributed by atoms with van der Waals surface area (Å²) in [6.07, 6.45) is 4.67. The largest absolute Gasteiger partial charge is 0.282 e. The molecule has 3 atom stereocenters. The highest BCUT2D eigenvalue weighted by Gasteiger charge is 2.50. The lowest BCUT2D eigenvalue weighted by molar-refractivity contribution is 0.672. The summed E-state index contributed by atoms with van der Waals surface area (Å²) in [5.74, 6) is 2.18. The third-order valence-corrected chi connectivity index (χ3v) is 6.02. The number of allylic oxidation sites excluding steroid dienone is 1. The van der Waals surface area contributed by atoms with Gasteiger partial charge in [0.2, 0.25) is 0 Å². The van der Waals surface area contributed by atoms with Crippen molar-refractivity contribution in [1.29, 1.82) is 0 Å². The van der Waals surface area contributed by atoms with Gasteiger partial charge in [-0.05, 0) is 61.8 Å². The highest BCUT2D eigenvalue weighted by molar-refractivity contribution is 5.86. The molecule has 1 aromatic carbocycles. The van der Waals surface area contributed by atoms with Gasteiger partial charge in [0.1, 0.15) is 0 Å². The Morgan fingerprint density at radius 3 is 2.88 bits per heavy atom. The van der Waals surface area contributed by atoms with Crippen molar-refractivity contribution < 1.29 is 0 Å². The minimum absolute atomic E-state index is 0.686. The Balaban J connectivity index is 1.65. The number of aromatic amines is 1. The van der Waals surface area contributed by atoms with Crippen LogP contribution in [0.15, 0.2) is 18.2 Å². The second-order valence-electron chi connectivity index (χ2n) is 7.47. The number of aryl methyl sites for hydroxylation is 3. The van der Waals surface area contributed by atoms with Crippen LogP contribution in [0.25, 0.3) is 17.0 Å². The van der Waals surface area contributed by atoms with E-state index in [1.54, 1.807) is 0 Å². The van der Waals surface area contributed by atoms with E-state index >= 15 is 0 Å². The van der Waals surface area contributed by atoms with Crippen LogP contribution in [0.1, 0.15) is 46.6 Å². The van der Waals surface area contributed by atoms with Gasteiger partial charge >= 0.3 is 0 Å². The smallest absolute Gasteiger partial charge is 0.0927 e. The first-order valence-corrected chi connectivity index (χ1v) is 8.75. The Hall–Kier alpha value is -2.36. The van der Waals surface area contributed by atoms with Crippen LogP contribution in [-0.4, -0.2) is 20.0 Å². The molecule has 2 heterocycles. The van der Waals surface area contributed by atoms with E-state index in [-0.39, 0.29) is 0 Å². The van der Waals surface area contributed by atoms with Crippen molar-refractivity contribution in [3.8, 4) is 0 Å². The summed E-state index contributed by atoms with van der Waals surface area (Å²) < 4.78 is 2.19. The number of rotatable bonds is 2. The first-order chi connectivity index (χ1) is 11.6. The van der Waals surface area contributed by atoms with Gasteiger partial charge in [0.05, 0.1) is 23.4 Å². The molecule has 4 nitrogen and oxygen atoms in total. The molecule has 0 bridgehead atoms. The monoisotopic (exact) mass is 318 g/mol. The maximum Gasteiger partial charge on any atom is 0.0927 e. The SMILES string of the molecule is Cc1ccc2n[nH]c(C)c2c1Cn1nc(C)c2c1C=CC1C(C)C21. The zero-order chi connectivity index (χ0) is 16.6. The van der Waals surface area contributed by atoms with E-state index in [9.17, 15) is 0 Å². The van der Waals surface area contributed by atoms with Crippen molar-refractivity contribution in [3.63, 3.8) is 0 Å². The molecule has 0 amide bonds. The number of hydrogen-bond donors (Lipinski definition) is 1. The van der Waals surface area contributed by atoms with Crippen LogP contribution in [0, 0.1) is 32.6 Å². The summed E-state index contributed by atoms with van der Waals surface area (Å²) in [6, 6.07) is 4.26. The van der Waals surface area contributed by atoms with Gasteiger partial charge in [-0.1, -0.05) is 19.1 Å². The molecule has 1 fully saturated rings. The molecule has 4 heteroatoms. The van der Waals surface area contributed by atoms with Gasteiger partial charge < -0.3 is 0 Å². The quantitative estimate of drug-likeness (QED) is 0.773. The van der Waals surface area contributed by atoms with Crippen molar-refractivity contribution in [2.24, 2.45) is 11.8 Å². The third kappa shape index (κ3) is 1.74. The molecule has 0 spiro atoms. The molecule has 3 aromatic rings.